The zero-order valence-electron chi connectivity index (χ0n) is 20.1. The van der Waals surface area contributed by atoms with Crippen molar-refractivity contribution < 1.29 is 19.4 Å². The minimum absolute atomic E-state index is 0.103. The monoisotopic (exact) mass is 534 g/mol. The van der Waals surface area contributed by atoms with Crippen molar-refractivity contribution in [1.29, 1.82) is 0 Å². The highest BCUT2D eigenvalue weighted by Crippen LogP contribution is 2.42. The third-order valence-electron chi connectivity index (χ3n) is 5.89. The number of hydrogen-bond donors (Lipinski definition) is 2. The molecule has 0 unspecified atom stereocenters. The molecule has 5 rings (SSSR count). The molecule has 0 saturated heterocycles. The van der Waals surface area contributed by atoms with Gasteiger partial charge in [0.15, 0.2) is 11.6 Å². The SMILES string of the molecule is COc1ccc(-c2nc3c(c(SCC(=O)Nc4ccccc4Cl)n2)Cc2c(CO)cnc(C)c2O3)cc1. The molecule has 0 atom stereocenters. The fraction of sp³-hybridized carbons (Fsp3) is 0.185. The van der Waals surface area contributed by atoms with Crippen LogP contribution in [-0.2, 0) is 17.8 Å². The van der Waals surface area contributed by atoms with Crippen molar-refractivity contribution in [3.8, 4) is 28.8 Å². The van der Waals surface area contributed by atoms with E-state index in [0.29, 0.717) is 50.9 Å². The Balaban J connectivity index is 1.50. The number of amides is 1. The van der Waals surface area contributed by atoms with Gasteiger partial charge in [-0.25, -0.2) is 4.98 Å². The van der Waals surface area contributed by atoms with Crippen molar-refractivity contribution in [3.63, 3.8) is 0 Å². The number of methoxy groups -OCH3 is 1. The second kappa shape index (κ2) is 10.8. The lowest BCUT2D eigenvalue weighted by Crippen LogP contribution is -2.16. The van der Waals surface area contributed by atoms with Gasteiger partial charge in [-0.3, -0.25) is 9.78 Å². The van der Waals surface area contributed by atoms with Crippen LogP contribution in [0.5, 0.6) is 17.4 Å². The summed E-state index contributed by atoms with van der Waals surface area (Å²) in [6.07, 6.45) is 2.10. The number of nitrogens with zero attached hydrogens (tertiary/aromatic N) is 3. The van der Waals surface area contributed by atoms with Gasteiger partial charge in [0.25, 0.3) is 0 Å². The average molecular weight is 535 g/mol. The number of pyridine rings is 1. The molecule has 0 aliphatic carbocycles. The summed E-state index contributed by atoms with van der Waals surface area (Å²) in [4.78, 5) is 26.6. The molecule has 2 aromatic carbocycles. The van der Waals surface area contributed by atoms with Gasteiger partial charge >= 0.3 is 0 Å². The number of aryl methyl sites for hydroxylation is 1. The number of rotatable bonds is 7. The van der Waals surface area contributed by atoms with Gasteiger partial charge < -0.3 is 19.9 Å². The molecule has 2 N–H and O–H groups in total. The van der Waals surface area contributed by atoms with E-state index >= 15 is 0 Å². The van der Waals surface area contributed by atoms with Crippen molar-refractivity contribution >= 4 is 35.0 Å². The van der Waals surface area contributed by atoms with Crippen LogP contribution in [0.3, 0.4) is 0 Å². The summed E-state index contributed by atoms with van der Waals surface area (Å²) in [6.45, 7) is 1.69. The van der Waals surface area contributed by atoms with Crippen molar-refractivity contribution in [3.05, 3.63) is 82.1 Å². The van der Waals surface area contributed by atoms with Crippen LogP contribution in [0.4, 0.5) is 5.69 Å². The summed E-state index contributed by atoms with van der Waals surface area (Å²) in [5, 5.41) is 13.8. The number of halogens is 1. The number of anilines is 1. The molecule has 4 aromatic rings. The molecule has 188 valence electrons. The van der Waals surface area contributed by atoms with Gasteiger partial charge in [-0.2, -0.15) is 4.98 Å². The Morgan fingerprint density at radius 1 is 1.16 bits per heavy atom. The molecule has 3 heterocycles. The highest BCUT2D eigenvalue weighted by molar-refractivity contribution is 8.00. The van der Waals surface area contributed by atoms with Crippen molar-refractivity contribution in [2.45, 2.75) is 25.0 Å². The second-order valence-corrected chi connectivity index (χ2v) is 9.67. The van der Waals surface area contributed by atoms with Gasteiger partial charge in [-0.15, -0.1) is 0 Å². The Hall–Kier alpha value is -3.66. The number of thioether (sulfide) groups is 1. The minimum atomic E-state index is -0.218. The maximum Gasteiger partial charge on any atom is 0.234 e. The van der Waals surface area contributed by atoms with Gasteiger partial charge in [0.2, 0.25) is 11.8 Å². The lowest BCUT2D eigenvalue weighted by molar-refractivity contribution is -0.113. The Labute approximate surface area is 223 Å². The number of aliphatic hydroxyl groups excluding tert-OH is 1. The van der Waals surface area contributed by atoms with Gasteiger partial charge in [0.1, 0.15) is 10.8 Å². The van der Waals surface area contributed by atoms with Crippen molar-refractivity contribution in [2.75, 3.05) is 18.2 Å². The van der Waals surface area contributed by atoms with E-state index in [0.717, 1.165) is 22.4 Å². The fourth-order valence-corrected chi connectivity index (χ4v) is 4.97. The topological polar surface area (TPSA) is 106 Å². The molecular weight excluding hydrogens is 512 g/mol. The zero-order chi connectivity index (χ0) is 25.9. The number of carbonyl (C=O) groups is 1. The normalized spacial score (nSPS) is 11.8. The van der Waals surface area contributed by atoms with Gasteiger partial charge in [-0.05, 0) is 43.3 Å². The van der Waals surface area contributed by atoms with E-state index in [2.05, 4.69) is 10.3 Å². The summed E-state index contributed by atoms with van der Waals surface area (Å²) in [7, 11) is 1.61. The summed E-state index contributed by atoms with van der Waals surface area (Å²) in [5.74, 6) is 2.06. The largest absolute Gasteiger partial charge is 0.497 e. The van der Waals surface area contributed by atoms with Crippen LogP contribution in [0.25, 0.3) is 11.4 Å². The maximum atomic E-state index is 12.8. The van der Waals surface area contributed by atoms with Gasteiger partial charge in [-0.1, -0.05) is 35.5 Å². The van der Waals surface area contributed by atoms with E-state index in [1.165, 1.54) is 11.8 Å². The summed E-state index contributed by atoms with van der Waals surface area (Å²) >= 11 is 7.47. The number of benzene rings is 2. The number of ether oxygens (including phenoxy) is 2. The first-order chi connectivity index (χ1) is 18.0. The lowest BCUT2D eigenvalue weighted by atomic mass is 9.99. The van der Waals surface area contributed by atoms with E-state index in [1.807, 2.05) is 31.2 Å². The third-order valence-corrected chi connectivity index (χ3v) is 7.24. The Kier molecular flexibility index (Phi) is 7.27. The van der Waals surface area contributed by atoms with Gasteiger partial charge in [0, 0.05) is 29.3 Å². The molecule has 0 saturated carbocycles. The fourth-order valence-electron chi connectivity index (χ4n) is 3.97. The van der Waals surface area contributed by atoms with Crippen LogP contribution in [0.15, 0.2) is 59.8 Å². The van der Waals surface area contributed by atoms with Crippen LogP contribution < -0.4 is 14.8 Å². The highest BCUT2D eigenvalue weighted by Gasteiger charge is 2.28. The molecule has 1 aliphatic rings. The van der Waals surface area contributed by atoms with Crippen LogP contribution in [0.2, 0.25) is 5.02 Å². The number of para-hydroxylation sites is 1. The number of fused-ring (bicyclic) bond motifs is 2. The summed E-state index contributed by atoms with van der Waals surface area (Å²) in [6, 6.07) is 14.5. The van der Waals surface area contributed by atoms with Crippen molar-refractivity contribution in [1.82, 2.24) is 15.0 Å². The number of hydrogen-bond acceptors (Lipinski definition) is 8. The Bertz CT molecular complexity index is 1480. The van der Waals surface area contributed by atoms with Crippen LogP contribution in [-0.4, -0.2) is 38.8 Å². The van der Waals surface area contributed by atoms with Crippen LogP contribution in [0, 0.1) is 6.92 Å². The van der Waals surface area contributed by atoms with Crippen molar-refractivity contribution in [2.24, 2.45) is 0 Å². The van der Waals surface area contributed by atoms with E-state index in [1.54, 1.807) is 37.6 Å². The first-order valence-electron chi connectivity index (χ1n) is 11.5. The molecule has 37 heavy (non-hydrogen) atoms. The van der Waals surface area contributed by atoms with E-state index in [4.69, 9.17) is 31.0 Å². The number of nitrogens with one attached hydrogen (secondary N) is 1. The number of aromatic nitrogens is 3. The molecule has 2 aromatic heterocycles. The predicted molar refractivity (Wildman–Crippen MR) is 143 cm³/mol. The molecular formula is C27H23ClN4O4S. The molecule has 8 nitrogen and oxygen atoms in total. The molecule has 0 fully saturated rings. The molecule has 0 spiro atoms. The molecule has 0 radical (unpaired) electrons. The molecule has 0 bridgehead atoms. The smallest absolute Gasteiger partial charge is 0.234 e. The van der Waals surface area contributed by atoms with E-state index in [-0.39, 0.29) is 18.3 Å². The zero-order valence-corrected chi connectivity index (χ0v) is 21.7. The molecule has 1 amide bonds. The summed E-state index contributed by atoms with van der Waals surface area (Å²) < 4.78 is 11.5. The number of aliphatic hydroxyl groups is 1. The predicted octanol–water partition coefficient (Wildman–Crippen LogP) is 5.43. The molecule has 10 heteroatoms. The highest BCUT2D eigenvalue weighted by atomic mass is 35.5. The maximum absolute atomic E-state index is 12.8. The number of carbonyl (C=O) groups excluding carboxylic acids is 1. The Morgan fingerprint density at radius 3 is 2.68 bits per heavy atom. The standard InChI is InChI=1S/C27H23ClN4O4S/c1-15-24-19(17(13-33)12-29-15)11-20-26(36-24)31-25(16-7-9-18(35-2)10-8-16)32-27(20)37-14-23(34)30-22-6-4-3-5-21(22)28/h3-10,12,33H,11,13-14H2,1-2H3,(H,30,34). The third kappa shape index (κ3) is 5.24. The van der Waals surface area contributed by atoms with Gasteiger partial charge in [0.05, 0.1) is 41.4 Å². The Morgan fingerprint density at radius 2 is 1.95 bits per heavy atom. The summed E-state index contributed by atoms with van der Waals surface area (Å²) in [5.41, 5.74) is 4.30. The van der Waals surface area contributed by atoms with E-state index in [9.17, 15) is 9.90 Å². The lowest BCUT2D eigenvalue weighted by Gasteiger charge is -2.24. The first-order valence-corrected chi connectivity index (χ1v) is 12.8. The second-order valence-electron chi connectivity index (χ2n) is 8.29. The first kappa shape index (κ1) is 25.0. The average Bonchev–Trinajstić information content (AvgIpc) is 2.92. The van der Waals surface area contributed by atoms with Crippen LogP contribution >= 0.6 is 23.4 Å². The molecule has 1 aliphatic heterocycles. The van der Waals surface area contributed by atoms with E-state index < -0.39 is 0 Å². The quantitative estimate of drug-likeness (QED) is 0.210. The minimum Gasteiger partial charge on any atom is -0.497 e. The van der Waals surface area contributed by atoms with Crippen LogP contribution in [0.1, 0.15) is 22.4 Å².